The lowest BCUT2D eigenvalue weighted by molar-refractivity contribution is 0.656. The fraction of sp³-hybridized carbons (Fsp3) is 0.286. The molecular formula is C14H12BrN3. The highest BCUT2D eigenvalue weighted by molar-refractivity contribution is 9.10. The van der Waals surface area contributed by atoms with Crippen molar-refractivity contribution in [2.24, 2.45) is 0 Å². The maximum atomic E-state index is 8.89. The van der Waals surface area contributed by atoms with Gasteiger partial charge in [0, 0.05) is 10.2 Å². The van der Waals surface area contributed by atoms with E-state index in [0.717, 1.165) is 23.0 Å². The van der Waals surface area contributed by atoms with Gasteiger partial charge in [-0.15, -0.1) is 0 Å². The minimum Gasteiger partial charge on any atom is -0.302 e. The number of benzene rings is 1. The Labute approximate surface area is 114 Å². The molecular weight excluding hydrogens is 290 g/mol. The summed E-state index contributed by atoms with van der Waals surface area (Å²) < 4.78 is 3.08. The molecule has 0 N–H and O–H groups in total. The lowest BCUT2D eigenvalue weighted by Crippen LogP contribution is -2.07. The van der Waals surface area contributed by atoms with Crippen LogP contribution in [-0.2, 0) is 12.8 Å². The van der Waals surface area contributed by atoms with E-state index in [-0.39, 0.29) is 0 Å². The molecule has 0 radical (unpaired) electrons. The number of aryl methyl sites for hydroxylation is 1. The predicted octanol–water partition coefficient (Wildman–Crippen LogP) is 3.39. The summed E-state index contributed by atoms with van der Waals surface area (Å²) in [5, 5.41) is 8.89. The number of hydrogen-bond acceptors (Lipinski definition) is 2. The van der Waals surface area contributed by atoms with Gasteiger partial charge in [-0.1, -0.05) is 0 Å². The zero-order valence-electron chi connectivity index (χ0n) is 9.86. The van der Waals surface area contributed by atoms with Crippen LogP contribution in [-0.4, -0.2) is 9.55 Å². The highest BCUT2D eigenvalue weighted by Crippen LogP contribution is 2.27. The summed E-state index contributed by atoms with van der Waals surface area (Å²) in [7, 11) is 0. The second-order valence-electron chi connectivity index (χ2n) is 4.49. The van der Waals surface area contributed by atoms with E-state index in [1.807, 2.05) is 24.5 Å². The highest BCUT2D eigenvalue weighted by atomic mass is 79.9. The van der Waals surface area contributed by atoms with Gasteiger partial charge in [0.2, 0.25) is 0 Å². The topological polar surface area (TPSA) is 41.6 Å². The molecule has 1 aliphatic carbocycles. The van der Waals surface area contributed by atoms with Gasteiger partial charge in [-0.25, -0.2) is 4.98 Å². The predicted molar refractivity (Wildman–Crippen MR) is 72.6 cm³/mol. The zero-order chi connectivity index (χ0) is 12.5. The van der Waals surface area contributed by atoms with Gasteiger partial charge in [-0.3, -0.25) is 0 Å². The summed E-state index contributed by atoms with van der Waals surface area (Å²) in [4.78, 5) is 4.49. The van der Waals surface area contributed by atoms with Crippen molar-refractivity contribution >= 4 is 15.9 Å². The SMILES string of the molecule is N#Cc1ccc(-n2cnc3c2CCCC3)c(Br)c1. The molecule has 0 saturated heterocycles. The van der Waals surface area contributed by atoms with Crippen LogP contribution in [0.4, 0.5) is 0 Å². The fourth-order valence-corrected chi connectivity index (χ4v) is 3.02. The van der Waals surface area contributed by atoms with E-state index in [0.29, 0.717) is 5.56 Å². The van der Waals surface area contributed by atoms with Crippen molar-refractivity contribution in [3.63, 3.8) is 0 Å². The van der Waals surface area contributed by atoms with Gasteiger partial charge in [0.25, 0.3) is 0 Å². The third-order valence-corrected chi connectivity index (χ3v) is 4.00. The number of fused-ring (bicyclic) bond motifs is 1. The molecule has 0 amide bonds. The number of halogens is 1. The molecule has 1 aromatic heterocycles. The highest BCUT2D eigenvalue weighted by Gasteiger charge is 2.17. The van der Waals surface area contributed by atoms with Crippen LogP contribution in [0.25, 0.3) is 5.69 Å². The summed E-state index contributed by atoms with van der Waals surface area (Å²) in [6, 6.07) is 7.81. The lowest BCUT2D eigenvalue weighted by Gasteiger charge is -2.15. The van der Waals surface area contributed by atoms with Crippen LogP contribution >= 0.6 is 15.9 Å². The Balaban J connectivity index is 2.10. The molecule has 0 aliphatic heterocycles. The van der Waals surface area contributed by atoms with Gasteiger partial charge in [0.15, 0.2) is 0 Å². The fourth-order valence-electron chi connectivity index (χ4n) is 2.45. The van der Waals surface area contributed by atoms with Crippen molar-refractivity contribution in [1.29, 1.82) is 5.26 Å². The van der Waals surface area contributed by atoms with Gasteiger partial charge in [-0.05, 0) is 59.8 Å². The Hall–Kier alpha value is -1.60. The Bertz CT molecular complexity index is 637. The van der Waals surface area contributed by atoms with Gasteiger partial charge in [0.1, 0.15) is 0 Å². The second-order valence-corrected chi connectivity index (χ2v) is 5.35. The average Bonchev–Trinajstić information content (AvgIpc) is 2.82. The maximum Gasteiger partial charge on any atom is 0.0998 e. The van der Waals surface area contributed by atoms with E-state index < -0.39 is 0 Å². The molecule has 18 heavy (non-hydrogen) atoms. The first-order valence-electron chi connectivity index (χ1n) is 6.04. The normalized spacial score (nSPS) is 14.0. The van der Waals surface area contributed by atoms with Gasteiger partial charge in [-0.2, -0.15) is 5.26 Å². The number of nitriles is 1. The molecule has 4 heteroatoms. The van der Waals surface area contributed by atoms with E-state index in [4.69, 9.17) is 5.26 Å². The van der Waals surface area contributed by atoms with Crippen molar-refractivity contribution < 1.29 is 0 Å². The third kappa shape index (κ3) is 1.85. The van der Waals surface area contributed by atoms with Crippen LogP contribution in [0.2, 0.25) is 0 Å². The average molecular weight is 302 g/mol. The van der Waals surface area contributed by atoms with Gasteiger partial charge >= 0.3 is 0 Å². The van der Waals surface area contributed by atoms with Crippen LogP contribution in [0.3, 0.4) is 0 Å². The van der Waals surface area contributed by atoms with Crippen molar-refractivity contribution in [2.75, 3.05) is 0 Å². The molecule has 0 bridgehead atoms. The van der Waals surface area contributed by atoms with E-state index >= 15 is 0 Å². The first-order chi connectivity index (χ1) is 8.79. The smallest absolute Gasteiger partial charge is 0.0998 e. The van der Waals surface area contributed by atoms with E-state index in [9.17, 15) is 0 Å². The van der Waals surface area contributed by atoms with Crippen LogP contribution in [0.5, 0.6) is 0 Å². The molecule has 1 aromatic carbocycles. The molecule has 2 aromatic rings. The van der Waals surface area contributed by atoms with Crippen molar-refractivity contribution in [3.8, 4) is 11.8 Å². The zero-order valence-corrected chi connectivity index (χ0v) is 11.4. The number of hydrogen-bond donors (Lipinski definition) is 0. The molecule has 0 saturated carbocycles. The summed E-state index contributed by atoms with van der Waals surface area (Å²) in [5.74, 6) is 0. The Morgan fingerprint density at radius 3 is 2.89 bits per heavy atom. The largest absolute Gasteiger partial charge is 0.302 e. The minimum atomic E-state index is 0.666. The van der Waals surface area contributed by atoms with E-state index in [1.165, 1.54) is 24.2 Å². The number of rotatable bonds is 1. The summed E-state index contributed by atoms with van der Waals surface area (Å²) in [5.41, 5.74) is 4.26. The van der Waals surface area contributed by atoms with Gasteiger partial charge in [0.05, 0.1) is 29.3 Å². The summed E-state index contributed by atoms with van der Waals surface area (Å²) in [6.45, 7) is 0. The Morgan fingerprint density at radius 1 is 1.28 bits per heavy atom. The quantitative estimate of drug-likeness (QED) is 0.810. The van der Waals surface area contributed by atoms with Crippen molar-refractivity contribution in [2.45, 2.75) is 25.7 Å². The third-order valence-electron chi connectivity index (χ3n) is 3.37. The Morgan fingerprint density at radius 2 is 2.11 bits per heavy atom. The molecule has 0 spiro atoms. The Kier molecular flexibility index (Phi) is 2.92. The van der Waals surface area contributed by atoms with E-state index in [1.54, 1.807) is 0 Å². The van der Waals surface area contributed by atoms with Crippen LogP contribution < -0.4 is 0 Å². The molecule has 3 nitrogen and oxygen atoms in total. The summed E-state index contributed by atoms with van der Waals surface area (Å²) >= 11 is 3.54. The number of nitrogens with zero attached hydrogens (tertiary/aromatic N) is 3. The molecule has 0 atom stereocenters. The maximum absolute atomic E-state index is 8.89. The molecule has 3 rings (SSSR count). The second kappa shape index (κ2) is 4.58. The van der Waals surface area contributed by atoms with Gasteiger partial charge < -0.3 is 4.57 Å². The molecule has 0 fully saturated rings. The number of imidazole rings is 1. The standard InChI is InChI=1S/C14H12BrN3/c15-11-7-10(8-16)5-6-13(11)18-9-17-12-3-1-2-4-14(12)18/h5-7,9H,1-4H2. The van der Waals surface area contributed by atoms with Crippen LogP contribution in [0.1, 0.15) is 29.8 Å². The van der Waals surface area contributed by atoms with E-state index in [2.05, 4.69) is 31.6 Å². The molecule has 0 unspecified atom stereocenters. The number of aromatic nitrogens is 2. The van der Waals surface area contributed by atoms with Crippen molar-refractivity contribution in [3.05, 3.63) is 46.0 Å². The lowest BCUT2D eigenvalue weighted by atomic mass is 10.0. The molecule has 1 aliphatic rings. The first kappa shape index (κ1) is 11.5. The molecule has 1 heterocycles. The van der Waals surface area contributed by atoms with Crippen LogP contribution in [0, 0.1) is 11.3 Å². The van der Waals surface area contributed by atoms with Crippen LogP contribution in [0.15, 0.2) is 29.0 Å². The monoisotopic (exact) mass is 301 g/mol. The summed E-state index contributed by atoms with van der Waals surface area (Å²) in [6.07, 6.45) is 6.52. The van der Waals surface area contributed by atoms with Crippen molar-refractivity contribution in [1.82, 2.24) is 9.55 Å². The first-order valence-corrected chi connectivity index (χ1v) is 6.84. The minimum absolute atomic E-state index is 0.666. The molecule has 90 valence electrons.